The molecule has 4 bridgehead atoms. The SMILES string of the molecule is Nc1nc2nc3c1[nH]c(=O)n3Cc1ccc(cc1)OC/C=C/CCCO2. The Morgan fingerprint density at radius 1 is 1.12 bits per heavy atom. The highest BCUT2D eigenvalue weighted by atomic mass is 16.5. The average molecular weight is 353 g/mol. The Balaban J connectivity index is 1.77. The van der Waals surface area contributed by atoms with Gasteiger partial charge in [-0.3, -0.25) is 4.57 Å². The van der Waals surface area contributed by atoms with Gasteiger partial charge in [0.1, 0.15) is 17.9 Å². The zero-order valence-corrected chi connectivity index (χ0v) is 14.1. The Morgan fingerprint density at radius 3 is 2.81 bits per heavy atom. The van der Waals surface area contributed by atoms with Crippen molar-refractivity contribution in [1.82, 2.24) is 19.5 Å². The molecule has 26 heavy (non-hydrogen) atoms. The van der Waals surface area contributed by atoms with Crippen LogP contribution in [0.25, 0.3) is 11.2 Å². The summed E-state index contributed by atoms with van der Waals surface area (Å²) in [4.78, 5) is 23.6. The van der Waals surface area contributed by atoms with E-state index in [1.54, 1.807) is 0 Å². The number of fused-ring (bicyclic) bond motifs is 8. The molecular formula is C18H19N5O3. The smallest absolute Gasteiger partial charge is 0.328 e. The van der Waals surface area contributed by atoms with E-state index in [1.807, 2.05) is 30.3 Å². The number of allylic oxidation sites excluding steroid dienone is 1. The lowest BCUT2D eigenvalue weighted by molar-refractivity contribution is 0.289. The van der Waals surface area contributed by atoms with E-state index in [0.29, 0.717) is 30.9 Å². The maximum atomic E-state index is 12.4. The summed E-state index contributed by atoms with van der Waals surface area (Å²) in [5, 5.41) is 0. The summed E-state index contributed by atoms with van der Waals surface area (Å²) >= 11 is 0. The highest BCUT2D eigenvalue weighted by molar-refractivity contribution is 5.81. The topological polar surface area (TPSA) is 108 Å². The van der Waals surface area contributed by atoms with Gasteiger partial charge in [-0.2, -0.15) is 9.97 Å². The first kappa shape index (κ1) is 16.2. The average Bonchev–Trinajstić information content (AvgIpc) is 2.95. The highest BCUT2D eigenvalue weighted by Crippen LogP contribution is 2.19. The molecule has 0 aliphatic carbocycles. The van der Waals surface area contributed by atoms with Crippen LogP contribution in [-0.2, 0) is 6.54 Å². The zero-order chi connectivity index (χ0) is 17.9. The number of nitrogen functional groups attached to an aromatic ring is 1. The van der Waals surface area contributed by atoms with Crippen LogP contribution in [-0.4, -0.2) is 32.7 Å². The minimum atomic E-state index is -0.291. The van der Waals surface area contributed by atoms with Crippen LogP contribution in [0.2, 0.25) is 0 Å². The van der Waals surface area contributed by atoms with Gasteiger partial charge in [-0.25, -0.2) is 4.79 Å². The second kappa shape index (κ2) is 6.91. The maximum absolute atomic E-state index is 12.4. The number of nitrogens with zero attached hydrogens (tertiary/aromatic N) is 3. The minimum absolute atomic E-state index is 0.176. The molecule has 8 nitrogen and oxygen atoms in total. The molecule has 2 aliphatic rings. The van der Waals surface area contributed by atoms with Gasteiger partial charge in [0, 0.05) is 0 Å². The summed E-state index contributed by atoms with van der Waals surface area (Å²) < 4.78 is 12.8. The Morgan fingerprint density at radius 2 is 1.96 bits per heavy atom. The van der Waals surface area contributed by atoms with E-state index < -0.39 is 0 Å². The Kier molecular flexibility index (Phi) is 4.30. The standard InChI is InChI=1S/C18H19N5O3/c19-15-14-16-22-17(21-15)26-10-4-2-1-3-9-25-13-7-5-12(6-8-13)11-23(16)18(24)20-14/h1,3,5-8H,2,4,9-11H2,(H,20,24)(H2,19,21,22)/b3-1+. The van der Waals surface area contributed by atoms with Gasteiger partial charge >= 0.3 is 11.7 Å². The van der Waals surface area contributed by atoms with E-state index in [1.165, 1.54) is 4.57 Å². The van der Waals surface area contributed by atoms with Crippen molar-refractivity contribution >= 4 is 17.0 Å². The van der Waals surface area contributed by atoms with E-state index in [-0.39, 0.29) is 17.5 Å². The summed E-state index contributed by atoms with van der Waals surface area (Å²) in [6.45, 7) is 1.33. The number of hydrogen-bond donors (Lipinski definition) is 2. The number of benzene rings is 1. The summed E-state index contributed by atoms with van der Waals surface area (Å²) in [6, 6.07) is 7.79. The molecule has 0 atom stereocenters. The highest BCUT2D eigenvalue weighted by Gasteiger charge is 2.15. The van der Waals surface area contributed by atoms with Crippen molar-refractivity contribution < 1.29 is 9.47 Å². The Hall–Kier alpha value is -3.29. The number of ether oxygens (including phenoxy) is 2. The van der Waals surface area contributed by atoms with Crippen molar-refractivity contribution in [2.45, 2.75) is 19.4 Å². The van der Waals surface area contributed by atoms with E-state index in [9.17, 15) is 4.79 Å². The van der Waals surface area contributed by atoms with Gasteiger partial charge in [0.2, 0.25) is 0 Å². The Bertz CT molecular complexity index is 1000. The van der Waals surface area contributed by atoms with Crippen LogP contribution in [0.5, 0.6) is 11.8 Å². The van der Waals surface area contributed by atoms with Gasteiger partial charge in [0.05, 0.1) is 13.2 Å². The predicted octanol–water partition coefficient (Wildman–Crippen LogP) is 1.86. The number of nitrogens with two attached hydrogens (primary N) is 1. The van der Waals surface area contributed by atoms with Gasteiger partial charge in [-0.1, -0.05) is 24.3 Å². The number of imidazole rings is 1. The number of anilines is 1. The first-order valence-corrected chi connectivity index (χ1v) is 8.46. The molecule has 0 amide bonds. The van der Waals surface area contributed by atoms with Crippen molar-refractivity contribution in [2.75, 3.05) is 18.9 Å². The molecule has 134 valence electrons. The van der Waals surface area contributed by atoms with Crippen LogP contribution in [0.3, 0.4) is 0 Å². The van der Waals surface area contributed by atoms with E-state index in [0.717, 1.165) is 24.2 Å². The van der Waals surface area contributed by atoms with Crippen LogP contribution in [0.4, 0.5) is 5.82 Å². The molecule has 8 heteroatoms. The molecule has 5 rings (SSSR count). The molecule has 4 heterocycles. The Labute approximate surface area is 149 Å². The van der Waals surface area contributed by atoms with Gasteiger partial charge in [0.25, 0.3) is 0 Å². The van der Waals surface area contributed by atoms with Gasteiger partial charge in [-0.05, 0) is 30.5 Å². The lowest BCUT2D eigenvalue weighted by atomic mass is 10.2. The number of hydrogen-bond acceptors (Lipinski definition) is 6. The third kappa shape index (κ3) is 3.26. The minimum Gasteiger partial charge on any atom is -0.490 e. The molecule has 0 saturated carbocycles. The van der Waals surface area contributed by atoms with Gasteiger partial charge in [0.15, 0.2) is 11.5 Å². The van der Waals surface area contributed by atoms with Gasteiger partial charge in [-0.15, -0.1) is 0 Å². The number of rotatable bonds is 0. The molecule has 0 saturated heterocycles. The number of aromatic amines is 1. The lowest BCUT2D eigenvalue weighted by Gasteiger charge is -2.07. The van der Waals surface area contributed by atoms with Crippen LogP contribution in [0.1, 0.15) is 18.4 Å². The normalized spacial score (nSPS) is 16.2. The van der Waals surface area contributed by atoms with Crippen molar-refractivity contribution in [2.24, 2.45) is 0 Å². The third-order valence-electron chi connectivity index (χ3n) is 4.15. The van der Waals surface area contributed by atoms with Gasteiger partial charge < -0.3 is 20.2 Å². The molecule has 3 N–H and O–H groups in total. The van der Waals surface area contributed by atoms with E-state index in [4.69, 9.17) is 15.2 Å². The quantitative estimate of drug-likeness (QED) is 0.597. The van der Waals surface area contributed by atoms with Crippen molar-refractivity contribution in [3.05, 3.63) is 52.5 Å². The maximum Gasteiger partial charge on any atom is 0.328 e. The van der Waals surface area contributed by atoms with Crippen LogP contribution < -0.4 is 20.9 Å². The van der Waals surface area contributed by atoms with E-state index >= 15 is 0 Å². The summed E-state index contributed by atoms with van der Waals surface area (Å²) in [6.07, 6.45) is 5.71. The summed E-state index contributed by atoms with van der Waals surface area (Å²) in [5.41, 5.74) is 7.48. The summed E-state index contributed by atoms with van der Waals surface area (Å²) in [5.74, 6) is 0.980. The van der Waals surface area contributed by atoms with Crippen molar-refractivity contribution in [1.29, 1.82) is 0 Å². The van der Waals surface area contributed by atoms with Crippen LogP contribution >= 0.6 is 0 Å². The molecule has 2 aliphatic heterocycles. The lowest BCUT2D eigenvalue weighted by Crippen LogP contribution is -2.17. The summed E-state index contributed by atoms with van der Waals surface area (Å²) in [7, 11) is 0. The number of nitrogens with one attached hydrogen (secondary N) is 1. The zero-order valence-electron chi connectivity index (χ0n) is 14.1. The monoisotopic (exact) mass is 353 g/mol. The fourth-order valence-corrected chi connectivity index (χ4v) is 2.81. The molecule has 0 spiro atoms. The van der Waals surface area contributed by atoms with E-state index in [2.05, 4.69) is 21.0 Å². The van der Waals surface area contributed by atoms with Crippen molar-refractivity contribution in [3.8, 4) is 11.8 Å². The molecule has 3 aromatic rings. The van der Waals surface area contributed by atoms with Crippen LogP contribution in [0, 0.1) is 0 Å². The van der Waals surface area contributed by atoms with Crippen LogP contribution in [0.15, 0.2) is 41.2 Å². The van der Waals surface area contributed by atoms with Crippen molar-refractivity contribution in [3.63, 3.8) is 0 Å². The number of aromatic nitrogens is 4. The first-order chi connectivity index (χ1) is 12.7. The largest absolute Gasteiger partial charge is 0.490 e. The molecule has 1 aromatic carbocycles. The molecule has 0 fully saturated rings. The first-order valence-electron chi connectivity index (χ1n) is 8.46. The number of H-pyrrole nitrogens is 1. The molecular weight excluding hydrogens is 334 g/mol. The second-order valence-corrected chi connectivity index (χ2v) is 6.02. The third-order valence-corrected chi connectivity index (χ3v) is 4.15. The fourth-order valence-electron chi connectivity index (χ4n) is 2.81. The predicted molar refractivity (Wildman–Crippen MR) is 97.5 cm³/mol. The molecule has 2 aromatic heterocycles. The second-order valence-electron chi connectivity index (χ2n) is 6.02. The molecule has 0 radical (unpaired) electrons. The molecule has 0 unspecified atom stereocenters. The fraction of sp³-hybridized carbons (Fsp3) is 0.278.